The van der Waals surface area contributed by atoms with E-state index in [4.69, 9.17) is 4.74 Å². The van der Waals surface area contributed by atoms with Gasteiger partial charge in [-0.25, -0.2) is 0 Å². The summed E-state index contributed by atoms with van der Waals surface area (Å²) in [5, 5.41) is 7.66. The van der Waals surface area contributed by atoms with E-state index in [0.717, 1.165) is 36.9 Å². The van der Waals surface area contributed by atoms with Gasteiger partial charge in [0.25, 0.3) is 11.8 Å². The molecule has 1 saturated heterocycles. The van der Waals surface area contributed by atoms with Gasteiger partial charge in [0.2, 0.25) is 0 Å². The number of thiophene rings is 1. The van der Waals surface area contributed by atoms with E-state index >= 15 is 0 Å². The van der Waals surface area contributed by atoms with Gasteiger partial charge in [-0.3, -0.25) is 9.59 Å². The number of amides is 2. The summed E-state index contributed by atoms with van der Waals surface area (Å²) < 4.78 is 5.13. The third-order valence-electron chi connectivity index (χ3n) is 5.49. The van der Waals surface area contributed by atoms with Crippen molar-refractivity contribution in [3.63, 3.8) is 0 Å². The molecule has 0 saturated carbocycles. The van der Waals surface area contributed by atoms with Crippen LogP contribution < -0.4 is 15.4 Å². The highest BCUT2D eigenvalue weighted by atomic mass is 32.1. The Labute approximate surface area is 188 Å². The van der Waals surface area contributed by atoms with Crippen molar-refractivity contribution in [1.29, 1.82) is 0 Å². The molecule has 2 N–H and O–H groups in total. The molecule has 0 radical (unpaired) electrons. The van der Waals surface area contributed by atoms with Crippen LogP contribution in [0.2, 0.25) is 0 Å². The van der Waals surface area contributed by atoms with E-state index in [1.807, 2.05) is 17.5 Å². The molecule has 7 heteroatoms. The molecule has 2 amide bonds. The van der Waals surface area contributed by atoms with E-state index in [2.05, 4.69) is 22.5 Å². The third kappa shape index (κ3) is 7.22. The summed E-state index contributed by atoms with van der Waals surface area (Å²) >= 11 is 1.51. The Balaban J connectivity index is 1.56. The highest BCUT2D eigenvalue weighted by Crippen LogP contribution is 2.16. The predicted molar refractivity (Wildman–Crippen MR) is 125 cm³/mol. The predicted octanol–water partition coefficient (Wildman–Crippen LogP) is 3.77. The van der Waals surface area contributed by atoms with Gasteiger partial charge in [-0.15, -0.1) is 11.3 Å². The van der Waals surface area contributed by atoms with Gasteiger partial charge < -0.3 is 20.3 Å². The maximum Gasteiger partial charge on any atom is 0.267 e. The molecule has 1 aromatic carbocycles. The minimum atomic E-state index is -0.331. The molecule has 3 rings (SSSR count). The topological polar surface area (TPSA) is 70.7 Å². The molecule has 6 nitrogen and oxygen atoms in total. The zero-order chi connectivity index (χ0) is 22.1. The molecule has 0 spiro atoms. The van der Waals surface area contributed by atoms with Crippen molar-refractivity contribution in [3.8, 4) is 5.75 Å². The number of ether oxygens (including phenoxy) is 1. The summed E-state index contributed by atoms with van der Waals surface area (Å²) in [5.41, 5.74) is 0.708. The first-order valence-electron chi connectivity index (χ1n) is 10.8. The Hall–Kier alpha value is -2.64. The van der Waals surface area contributed by atoms with Crippen LogP contribution in [-0.2, 0) is 4.79 Å². The van der Waals surface area contributed by atoms with Crippen LogP contribution in [0.5, 0.6) is 5.75 Å². The lowest BCUT2D eigenvalue weighted by Crippen LogP contribution is -2.37. The average Bonchev–Trinajstić information content (AvgIpc) is 3.30. The van der Waals surface area contributed by atoms with Crippen LogP contribution in [0.4, 0.5) is 0 Å². The highest BCUT2D eigenvalue weighted by molar-refractivity contribution is 7.10. The summed E-state index contributed by atoms with van der Waals surface area (Å²) in [6.45, 7) is 6.13. The van der Waals surface area contributed by atoms with E-state index < -0.39 is 0 Å². The zero-order valence-electron chi connectivity index (χ0n) is 18.2. The van der Waals surface area contributed by atoms with E-state index in [-0.39, 0.29) is 17.5 Å². The maximum absolute atomic E-state index is 12.8. The quantitative estimate of drug-likeness (QED) is 0.459. The van der Waals surface area contributed by atoms with Crippen LogP contribution >= 0.6 is 11.3 Å². The molecule has 2 aromatic rings. The van der Waals surface area contributed by atoms with Gasteiger partial charge in [0, 0.05) is 17.0 Å². The summed E-state index contributed by atoms with van der Waals surface area (Å²) in [5.74, 6) is 0.882. The molecule has 1 fully saturated rings. The molecular formula is C24H31N3O3S. The molecule has 0 unspecified atom stereocenters. The molecule has 0 bridgehead atoms. The SMILES string of the molecule is COc1ccc(C(=O)N/C(=C\c2cccs2)C(=O)NCCCN2CCC(C)CC2)cc1. The molecule has 1 aromatic heterocycles. The van der Waals surface area contributed by atoms with Gasteiger partial charge in [-0.05, 0) is 86.6 Å². The maximum atomic E-state index is 12.8. The fourth-order valence-corrected chi connectivity index (χ4v) is 4.15. The van der Waals surface area contributed by atoms with Crippen LogP contribution in [0.25, 0.3) is 6.08 Å². The number of piperidine rings is 1. The lowest BCUT2D eigenvalue weighted by Gasteiger charge is -2.30. The first kappa shape index (κ1) is 23.0. The average molecular weight is 442 g/mol. The molecule has 1 aliphatic heterocycles. The number of methoxy groups -OCH3 is 1. The number of nitrogens with one attached hydrogen (secondary N) is 2. The van der Waals surface area contributed by atoms with Crippen molar-refractivity contribution in [2.45, 2.75) is 26.2 Å². The standard InChI is InChI=1S/C24H31N3O3S/c1-18-10-14-27(15-11-18)13-4-12-25-24(29)22(17-21-5-3-16-31-21)26-23(28)19-6-8-20(30-2)9-7-19/h3,5-9,16-18H,4,10-15H2,1-2H3,(H,25,29)(H,26,28)/b22-17-. The number of hydrogen-bond acceptors (Lipinski definition) is 5. The number of likely N-dealkylation sites (tertiary alicyclic amines) is 1. The fraction of sp³-hybridized carbons (Fsp3) is 0.417. The van der Waals surface area contributed by atoms with Crippen LogP contribution in [-0.4, -0.2) is 50.0 Å². The van der Waals surface area contributed by atoms with Gasteiger partial charge in [0.1, 0.15) is 11.4 Å². The molecule has 1 aliphatic rings. The number of hydrogen-bond donors (Lipinski definition) is 2. The second-order valence-electron chi connectivity index (χ2n) is 7.89. The number of carbonyl (C=O) groups is 2. The Bertz CT molecular complexity index is 870. The lowest BCUT2D eigenvalue weighted by molar-refractivity contribution is -0.117. The van der Waals surface area contributed by atoms with Gasteiger partial charge in [-0.1, -0.05) is 13.0 Å². The van der Waals surface area contributed by atoms with Crippen molar-refractivity contribution >= 4 is 29.2 Å². The van der Waals surface area contributed by atoms with Crippen LogP contribution in [0, 0.1) is 5.92 Å². The van der Waals surface area contributed by atoms with Gasteiger partial charge in [0.05, 0.1) is 7.11 Å². The van der Waals surface area contributed by atoms with Crippen LogP contribution in [0.3, 0.4) is 0 Å². The molecule has 0 aliphatic carbocycles. The number of benzene rings is 1. The minimum absolute atomic E-state index is 0.245. The molecule has 2 heterocycles. The lowest BCUT2D eigenvalue weighted by atomic mass is 9.99. The van der Waals surface area contributed by atoms with Crippen molar-refractivity contribution in [2.24, 2.45) is 5.92 Å². The van der Waals surface area contributed by atoms with E-state index in [1.165, 1.54) is 24.2 Å². The first-order valence-corrected chi connectivity index (χ1v) is 11.6. The van der Waals surface area contributed by atoms with E-state index in [9.17, 15) is 9.59 Å². The van der Waals surface area contributed by atoms with Crippen molar-refractivity contribution in [1.82, 2.24) is 15.5 Å². The second kappa shape index (κ2) is 11.7. The summed E-state index contributed by atoms with van der Waals surface area (Å²) in [4.78, 5) is 28.8. The monoisotopic (exact) mass is 441 g/mol. The molecular weight excluding hydrogens is 410 g/mol. The number of carbonyl (C=O) groups excluding carboxylic acids is 2. The summed E-state index contributed by atoms with van der Waals surface area (Å²) in [6, 6.07) is 10.6. The number of nitrogens with zero attached hydrogens (tertiary/aromatic N) is 1. The molecule has 166 valence electrons. The Morgan fingerprint density at radius 2 is 1.94 bits per heavy atom. The molecule has 31 heavy (non-hydrogen) atoms. The van der Waals surface area contributed by atoms with Gasteiger partial charge in [-0.2, -0.15) is 0 Å². The summed E-state index contributed by atoms with van der Waals surface area (Å²) in [7, 11) is 1.58. The summed E-state index contributed by atoms with van der Waals surface area (Å²) in [6.07, 6.45) is 5.10. The van der Waals surface area contributed by atoms with Gasteiger partial charge in [0.15, 0.2) is 0 Å². The van der Waals surface area contributed by atoms with E-state index in [0.29, 0.717) is 17.9 Å². The van der Waals surface area contributed by atoms with Crippen LogP contribution in [0.15, 0.2) is 47.5 Å². The first-order chi connectivity index (χ1) is 15.0. The van der Waals surface area contributed by atoms with Crippen molar-refractivity contribution in [2.75, 3.05) is 33.3 Å². The fourth-order valence-electron chi connectivity index (χ4n) is 3.50. The van der Waals surface area contributed by atoms with Crippen molar-refractivity contribution in [3.05, 3.63) is 57.9 Å². The normalized spacial score (nSPS) is 15.5. The Kier molecular flexibility index (Phi) is 8.67. The minimum Gasteiger partial charge on any atom is -0.497 e. The third-order valence-corrected chi connectivity index (χ3v) is 6.31. The number of rotatable bonds is 9. The zero-order valence-corrected chi connectivity index (χ0v) is 19.0. The van der Waals surface area contributed by atoms with Crippen LogP contribution in [0.1, 0.15) is 41.4 Å². The Morgan fingerprint density at radius 1 is 1.19 bits per heavy atom. The second-order valence-corrected chi connectivity index (χ2v) is 8.87. The van der Waals surface area contributed by atoms with E-state index in [1.54, 1.807) is 37.5 Å². The highest BCUT2D eigenvalue weighted by Gasteiger charge is 2.17. The largest absolute Gasteiger partial charge is 0.497 e. The molecule has 0 atom stereocenters. The van der Waals surface area contributed by atoms with Crippen molar-refractivity contribution < 1.29 is 14.3 Å². The Morgan fingerprint density at radius 3 is 2.58 bits per heavy atom. The smallest absolute Gasteiger partial charge is 0.267 e. The van der Waals surface area contributed by atoms with Gasteiger partial charge >= 0.3 is 0 Å².